The molecule has 1 fully saturated rings. The molecule has 108 valence electrons. The summed E-state index contributed by atoms with van der Waals surface area (Å²) in [4.78, 5) is 0. The fourth-order valence-corrected chi connectivity index (χ4v) is 2.70. The number of nitrogens with two attached hydrogens (primary N) is 1. The second kappa shape index (κ2) is 6.96. The molecule has 0 bridgehead atoms. The molecule has 1 saturated carbocycles. The number of ether oxygens (including phenoxy) is 2. The van der Waals surface area contributed by atoms with Crippen molar-refractivity contribution in [2.75, 3.05) is 14.2 Å². The molecule has 2 rings (SSSR count). The highest BCUT2D eigenvalue weighted by atomic mass is 35.5. The van der Waals surface area contributed by atoms with Crippen LogP contribution in [-0.4, -0.2) is 14.2 Å². The van der Waals surface area contributed by atoms with Crippen LogP contribution in [0.15, 0.2) is 12.1 Å². The summed E-state index contributed by atoms with van der Waals surface area (Å²) in [7, 11) is 3.04. The monoisotopic (exact) mass is 289 g/mol. The Morgan fingerprint density at radius 3 is 2.21 bits per heavy atom. The van der Waals surface area contributed by atoms with Crippen LogP contribution in [0.3, 0.4) is 0 Å². The largest absolute Gasteiger partial charge is 0.493 e. The lowest BCUT2D eigenvalue weighted by atomic mass is 9.92. The van der Waals surface area contributed by atoms with E-state index in [-0.39, 0.29) is 24.3 Å². The summed E-state index contributed by atoms with van der Waals surface area (Å²) < 4.78 is 24.3. The van der Waals surface area contributed by atoms with Gasteiger partial charge in [0.15, 0.2) is 11.5 Å². The molecule has 0 amide bonds. The molecule has 1 aliphatic rings. The summed E-state index contributed by atoms with van der Waals surface area (Å²) in [5.74, 6) is 0.990. The highest BCUT2D eigenvalue weighted by molar-refractivity contribution is 5.85. The molecule has 0 unspecified atom stereocenters. The fraction of sp³-hybridized carbons (Fsp3) is 0.571. The normalized spacial score (nSPS) is 16.8. The van der Waals surface area contributed by atoms with Gasteiger partial charge in [0.25, 0.3) is 0 Å². The summed E-state index contributed by atoms with van der Waals surface area (Å²) in [6.07, 6.45) is 4.53. The number of halogens is 2. The van der Waals surface area contributed by atoms with E-state index in [0.717, 1.165) is 12.8 Å². The van der Waals surface area contributed by atoms with Crippen molar-refractivity contribution in [3.8, 4) is 11.5 Å². The second-order valence-corrected chi connectivity index (χ2v) is 4.80. The number of hydrogen-bond acceptors (Lipinski definition) is 3. The van der Waals surface area contributed by atoms with Gasteiger partial charge in [-0.05, 0) is 24.8 Å². The molecule has 3 nitrogen and oxygen atoms in total. The molecule has 1 atom stereocenters. The van der Waals surface area contributed by atoms with Crippen molar-refractivity contribution >= 4 is 12.4 Å². The highest BCUT2D eigenvalue weighted by Gasteiger charge is 2.26. The minimum atomic E-state index is -0.313. The Labute approximate surface area is 119 Å². The SMILES string of the molecule is COc1cc(F)c([C@@H](N)C2CCCC2)cc1OC.Cl. The molecule has 5 heteroatoms. The van der Waals surface area contributed by atoms with E-state index in [2.05, 4.69) is 0 Å². The Balaban J connectivity index is 0.00000180. The van der Waals surface area contributed by atoms with Crippen LogP contribution in [0.5, 0.6) is 11.5 Å². The third-order valence-corrected chi connectivity index (χ3v) is 3.77. The van der Waals surface area contributed by atoms with Gasteiger partial charge in [-0.2, -0.15) is 0 Å². The summed E-state index contributed by atoms with van der Waals surface area (Å²) >= 11 is 0. The third kappa shape index (κ3) is 3.31. The number of rotatable bonds is 4. The molecule has 1 aromatic rings. The van der Waals surface area contributed by atoms with Crippen LogP contribution in [0.1, 0.15) is 37.3 Å². The summed E-state index contributed by atoms with van der Waals surface area (Å²) in [5, 5.41) is 0. The molecule has 1 aromatic carbocycles. The van der Waals surface area contributed by atoms with Crippen molar-refractivity contribution in [3.05, 3.63) is 23.5 Å². The fourth-order valence-electron chi connectivity index (χ4n) is 2.70. The van der Waals surface area contributed by atoms with Gasteiger partial charge in [0.1, 0.15) is 5.82 Å². The maximum absolute atomic E-state index is 14.0. The van der Waals surface area contributed by atoms with Gasteiger partial charge in [0, 0.05) is 17.7 Å². The van der Waals surface area contributed by atoms with E-state index >= 15 is 0 Å². The molecule has 0 heterocycles. The van der Waals surface area contributed by atoms with Crippen molar-refractivity contribution < 1.29 is 13.9 Å². The van der Waals surface area contributed by atoms with Crippen LogP contribution in [0.2, 0.25) is 0 Å². The average Bonchev–Trinajstić information content (AvgIpc) is 2.91. The van der Waals surface area contributed by atoms with Crippen LogP contribution < -0.4 is 15.2 Å². The minimum absolute atomic E-state index is 0. The molecule has 1 aliphatic carbocycles. The molecule has 2 N–H and O–H groups in total. The van der Waals surface area contributed by atoms with Crippen molar-refractivity contribution in [2.24, 2.45) is 11.7 Å². The predicted octanol–water partition coefficient (Wildman–Crippen LogP) is 3.45. The lowest BCUT2D eigenvalue weighted by Gasteiger charge is -2.21. The Morgan fingerprint density at radius 2 is 1.68 bits per heavy atom. The molecule has 0 saturated heterocycles. The zero-order valence-electron chi connectivity index (χ0n) is 11.3. The quantitative estimate of drug-likeness (QED) is 0.923. The van der Waals surface area contributed by atoms with Crippen LogP contribution in [-0.2, 0) is 0 Å². The van der Waals surface area contributed by atoms with E-state index in [9.17, 15) is 4.39 Å². The van der Waals surface area contributed by atoms with Gasteiger partial charge in [0.05, 0.1) is 14.2 Å². The molecule has 0 spiro atoms. The molecule has 0 aliphatic heterocycles. The van der Waals surface area contributed by atoms with E-state index < -0.39 is 0 Å². The van der Waals surface area contributed by atoms with Crippen molar-refractivity contribution in [1.29, 1.82) is 0 Å². The van der Waals surface area contributed by atoms with Crippen molar-refractivity contribution in [3.63, 3.8) is 0 Å². The lowest BCUT2D eigenvalue weighted by Crippen LogP contribution is -2.20. The van der Waals surface area contributed by atoms with Gasteiger partial charge >= 0.3 is 0 Å². The number of benzene rings is 1. The van der Waals surface area contributed by atoms with Gasteiger partial charge in [-0.1, -0.05) is 12.8 Å². The Morgan fingerprint density at radius 1 is 1.16 bits per heavy atom. The first-order valence-electron chi connectivity index (χ1n) is 6.34. The minimum Gasteiger partial charge on any atom is -0.493 e. The van der Waals surface area contributed by atoms with Gasteiger partial charge in [-0.15, -0.1) is 12.4 Å². The van der Waals surface area contributed by atoms with Crippen LogP contribution in [0, 0.1) is 11.7 Å². The van der Waals surface area contributed by atoms with E-state index in [1.54, 1.807) is 13.2 Å². The molecule has 0 radical (unpaired) electrons. The summed E-state index contributed by atoms with van der Waals surface area (Å²) in [6, 6.07) is 2.76. The topological polar surface area (TPSA) is 44.5 Å². The Hall–Kier alpha value is -1.00. The van der Waals surface area contributed by atoms with Gasteiger partial charge in [-0.3, -0.25) is 0 Å². The lowest BCUT2D eigenvalue weighted by molar-refractivity contribution is 0.348. The zero-order chi connectivity index (χ0) is 13.1. The number of hydrogen-bond donors (Lipinski definition) is 1. The molecule has 19 heavy (non-hydrogen) atoms. The summed E-state index contributed by atoms with van der Waals surface area (Å²) in [6.45, 7) is 0. The highest BCUT2D eigenvalue weighted by Crippen LogP contribution is 2.38. The van der Waals surface area contributed by atoms with E-state index in [0.29, 0.717) is 23.0 Å². The molecular weight excluding hydrogens is 269 g/mol. The first-order valence-corrected chi connectivity index (χ1v) is 6.34. The standard InChI is InChI=1S/C14H20FNO2.ClH/c1-17-12-7-10(11(15)8-13(12)18-2)14(16)9-5-3-4-6-9;/h7-9,14H,3-6,16H2,1-2H3;1H/t14-;/m0./s1. The van der Waals surface area contributed by atoms with Crippen LogP contribution in [0.4, 0.5) is 4.39 Å². The number of methoxy groups -OCH3 is 2. The van der Waals surface area contributed by atoms with E-state index in [1.807, 2.05) is 0 Å². The van der Waals surface area contributed by atoms with E-state index in [1.165, 1.54) is 26.0 Å². The third-order valence-electron chi connectivity index (χ3n) is 3.77. The van der Waals surface area contributed by atoms with Crippen LogP contribution in [0.25, 0.3) is 0 Å². The second-order valence-electron chi connectivity index (χ2n) is 4.80. The van der Waals surface area contributed by atoms with Gasteiger partial charge in [-0.25, -0.2) is 4.39 Å². The summed E-state index contributed by atoms with van der Waals surface area (Å²) in [5.41, 5.74) is 6.71. The van der Waals surface area contributed by atoms with Gasteiger partial charge in [0.2, 0.25) is 0 Å². The Bertz CT molecular complexity index is 422. The van der Waals surface area contributed by atoms with Crippen molar-refractivity contribution in [1.82, 2.24) is 0 Å². The Kier molecular flexibility index (Phi) is 5.88. The van der Waals surface area contributed by atoms with Crippen molar-refractivity contribution in [2.45, 2.75) is 31.7 Å². The smallest absolute Gasteiger partial charge is 0.163 e. The first-order chi connectivity index (χ1) is 8.67. The maximum Gasteiger partial charge on any atom is 0.163 e. The van der Waals surface area contributed by atoms with Gasteiger partial charge < -0.3 is 15.2 Å². The maximum atomic E-state index is 14.0. The van der Waals surface area contributed by atoms with Crippen LogP contribution >= 0.6 is 12.4 Å². The van der Waals surface area contributed by atoms with E-state index in [4.69, 9.17) is 15.2 Å². The molecular formula is C14H21ClFNO2. The molecule has 0 aromatic heterocycles. The predicted molar refractivity (Wildman–Crippen MR) is 75.6 cm³/mol. The zero-order valence-corrected chi connectivity index (χ0v) is 12.1. The first kappa shape index (κ1) is 16.1. The average molecular weight is 290 g/mol.